The van der Waals surface area contributed by atoms with Crippen LogP contribution in [0.1, 0.15) is 6.42 Å². The van der Waals surface area contributed by atoms with Crippen LogP contribution in [0.15, 0.2) is 35.9 Å². The minimum absolute atomic E-state index is 0.686. The number of nitrogens with two attached hydrogens (primary N) is 1. The number of nitrogens with zero attached hydrogens (tertiary/aromatic N) is 1. The molecule has 0 atom stereocenters. The van der Waals surface area contributed by atoms with Gasteiger partial charge in [-0.15, -0.1) is 0 Å². The van der Waals surface area contributed by atoms with Crippen molar-refractivity contribution in [3.05, 3.63) is 35.9 Å². The van der Waals surface area contributed by atoms with Gasteiger partial charge in [0.1, 0.15) is 5.75 Å². The van der Waals surface area contributed by atoms with E-state index >= 15 is 0 Å². The fourth-order valence-electron chi connectivity index (χ4n) is 1.94. The van der Waals surface area contributed by atoms with Crippen molar-refractivity contribution in [1.82, 2.24) is 0 Å². The maximum atomic E-state index is 5.63. The SMILES string of the molecule is COc1cccc(N2CC=C(CN)CC2)c1. The van der Waals surface area contributed by atoms with Crippen molar-refractivity contribution < 1.29 is 4.74 Å². The molecule has 0 saturated carbocycles. The van der Waals surface area contributed by atoms with Gasteiger partial charge in [0.15, 0.2) is 0 Å². The minimum atomic E-state index is 0.686. The van der Waals surface area contributed by atoms with E-state index in [9.17, 15) is 0 Å². The zero-order chi connectivity index (χ0) is 11.4. The van der Waals surface area contributed by atoms with Crippen LogP contribution in [-0.2, 0) is 0 Å². The van der Waals surface area contributed by atoms with Gasteiger partial charge in [-0.2, -0.15) is 0 Å². The molecule has 0 radical (unpaired) electrons. The second-order valence-corrected chi connectivity index (χ2v) is 3.96. The summed E-state index contributed by atoms with van der Waals surface area (Å²) < 4.78 is 5.23. The van der Waals surface area contributed by atoms with Gasteiger partial charge in [0.25, 0.3) is 0 Å². The van der Waals surface area contributed by atoms with Crippen molar-refractivity contribution in [3.8, 4) is 5.75 Å². The van der Waals surface area contributed by atoms with Crippen LogP contribution in [-0.4, -0.2) is 26.7 Å². The number of anilines is 1. The summed E-state index contributed by atoms with van der Waals surface area (Å²) in [7, 11) is 1.70. The number of methoxy groups -OCH3 is 1. The summed E-state index contributed by atoms with van der Waals surface area (Å²) in [6.45, 7) is 2.67. The predicted molar refractivity (Wildman–Crippen MR) is 67.0 cm³/mol. The van der Waals surface area contributed by atoms with Gasteiger partial charge in [-0.25, -0.2) is 0 Å². The maximum absolute atomic E-state index is 5.63. The van der Waals surface area contributed by atoms with E-state index in [1.165, 1.54) is 11.3 Å². The summed E-state index contributed by atoms with van der Waals surface area (Å²) in [5, 5.41) is 0. The van der Waals surface area contributed by atoms with Crippen LogP contribution in [0.3, 0.4) is 0 Å². The van der Waals surface area contributed by atoms with Crippen molar-refractivity contribution in [2.75, 3.05) is 31.6 Å². The Balaban J connectivity index is 2.11. The van der Waals surface area contributed by atoms with E-state index < -0.39 is 0 Å². The molecule has 0 spiro atoms. The Morgan fingerprint density at radius 2 is 2.31 bits per heavy atom. The Hall–Kier alpha value is -1.48. The van der Waals surface area contributed by atoms with Crippen LogP contribution in [0.25, 0.3) is 0 Å². The van der Waals surface area contributed by atoms with Crippen molar-refractivity contribution in [2.45, 2.75) is 6.42 Å². The molecule has 1 heterocycles. The fraction of sp³-hybridized carbons (Fsp3) is 0.385. The van der Waals surface area contributed by atoms with Gasteiger partial charge in [0, 0.05) is 31.4 Å². The van der Waals surface area contributed by atoms with E-state index in [2.05, 4.69) is 23.1 Å². The molecular formula is C13H18N2O. The van der Waals surface area contributed by atoms with E-state index in [0.717, 1.165) is 25.3 Å². The molecule has 0 amide bonds. The molecule has 3 heteroatoms. The standard InChI is InChI=1S/C13H18N2O/c1-16-13-4-2-3-12(9-13)15-7-5-11(10-14)6-8-15/h2-5,9H,6-8,10,14H2,1H3. The first-order valence-electron chi connectivity index (χ1n) is 5.60. The highest BCUT2D eigenvalue weighted by Gasteiger charge is 2.11. The normalized spacial score (nSPS) is 15.9. The lowest BCUT2D eigenvalue weighted by molar-refractivity contribution is 0.415. The van der Waals surface area contributed by atoms with Crippen LogP contribution >= 0.6 is 0 Å². The molecule has 1 aromatic carbocycles. The zero-order valence-electron chi connectivity index (χ0n) is 9.65. The molecule has 3 nitrogen and oxygen atoms in total. The lowest BCUT2D eigenvalue weighted by Crippen LogP contribution is -2.29. The molecule has 0 saturated heterocycles. The van der Waals surface area contributed by atoms with Crippen LogP contribution in [0.5, 0.6) is 5.75 Å². The van der Waals surface area contributed by atoms with Gasteiger partial charge >= 0.3 is 0 Å². The third-order valence-corrected chi connectivity index (χ3v) is 2.98. The number of ether oxygens (including phenoxy) is 1. The zero-order valence-corrected chi connectivity index (χ0v) is 9.65. The molecule has 0 fully saturated rings. The average molecular weight is 218 g/mol. The number of hydrogen-bond acceptors (Lipinski definition) is 3. The number of hydrogen-bond donors (Lipinski definition) is 1. The first-order valence-corrected chi connectivity index (χ1v) is 5.60. The fourth-order valence-corrected chi connectivity index (χ4v) is 1.94. The van der Waals surface area contributed by atoms with Gasteiger partial charge in [-0.1, -0.05) is 17.7 Å². The summed E-state index contributed by atoms with van der Waals surface area (Å²) in [5.41, 5.74) is 8.20. The molecule has 1 aromatic rings. The van der Waals surface area contributed by atoms with Gasteiger partial charge in [0.05, 0.1) is 7.11 Å². The first kappa shape index (κ1) is 11.0. The molecule has 16 heavy (non-hydrogen) atoms. The minimum Gasteiger partial charge on any atom is -0.497 e. The third-order valence-electron chi connectivity index (χ3n) is 2.98. The third kappa shape index (κ3) is 2.36. The molecule has 1 aliphatic heterocycles. The van der Waals surface area contributed by atoms with Crippen LogP contribution in [0.2, 0.25) is 0 Å². The van der Waals surface area contributed by atoms with Crippen LogP contribution in [0, 0.1) is 0 Å². The molecule has 86 valence electrons. The van der Waals surface area contributed by atoms with Gasteiger partial charge in [-0.3, -0.25) is 0 Å². The Labute approximate surface area is 96.5 Å². The van der Waals surface area contributed by atoms with E-state index in [0.29, 0.717) is 6.54 Å². The quantitative estimate of drug-likeness (QED) is 0.786. The summed E-state index contributed by atoms with van der Waals surface area (Å²) in [5.74, 6) is 0.908. The summed E-state index contributed by atoms with van der Waals surface area (Å²) in [6, 6.07) is 8.18. The van der Waals surface area contributed by atoms with Gasteiger partial charge in [-0.05, 0) is 18.6 Å². The average Bonchev–Trinajstić information content (AvgIpc) is 2.39. The topological polar surface area (TPSA) is 38.5 Å². The van der Waals surface area contributed by atoms with Crippen LogP contribution in [0.4, 0.5) is 5.69 Å². The molecule has 2 rings (SSSR count). The first-order chi connectivity index (χ1) is 7.83. The van der Waals surface area contributed by atoms with E-state index in [4.69, 9.17) is 10.5 Å². The van der Waals surface area contributed by atoms with Gasteiger partial charge < -0.3 is 15.4 Å². The second kappa shape index (κ2) is 5.03. The van der Waals surface area contributed by atoms with Crippen molar-refractivity contribution >= 4 is 5.69 Å². The molecule has 1 aliphatic rings. The monoisotopic (exact) mass is 218 g/mol. The number of benzene rings is 1. The highest BCUT2D eigenvalue weighted by atomic mass is 16.5. The van der Waals surface area contributed by atoms with E-state index in [1.807, 2.05) is 12.1 Å². The lowest BCUT2D eigenvalue weighted by Gasteiger charge is -2.28. The molecule has 2 N–H and O–H groups in total. The van der Waals surface area contributed by atoms with Crippen molar-refractivity contribution in [1.29, 1.82) is 0 Å². The summed E-state index contributed by atoms with van der Waals surface area (Å²) in [4.78, 5) is 2.34. The number of rotatable bonds is 3. The Morgan fingerprint density at radius 3 is 2.94 bits per heavy atom. The Morgan fingerprint density at radius 1 is 1.44 bits per heavy atom. The van der Waals surface area contributed by atoms with E-state index in [1.54, 1.807) is 7.11 Å². The van der Waals surface area contributed by atoms with E-state index in [-0.39, 0.29) is 0 Å². The highest BCUT2D eigenvalue weighted by Crippen LogP contribution is 2.23. The Kier molecular flexibility index (Phi) is 3.47. The summed E-state index contributed by atoms with van der Waals surface area (Å²) >= 11 is 0. The smallest absolute Gasteiger partial charge is 0.120 e. The molecule has 0 unspecified atom stereocenters. The van der Waals surface area contributed by atoms with Crippen LogP contribution < -0.4 is 15.4 Å². The Bertz CT molecular complexity index is 387. The molecular weight excluding hydrogens is 200 g/mol. The predicted octanol–water partition coefficient (Wildman–Crippen LogP) is 1.79. The molecule has 0 aromatic heterocycles. The second-order valence-electron chi connectivity index (χ2n) is 3.96. The van der Waals surface area contributed by atoms with Gasteiger partial charge in [0.2, 0.25) is 0 Å². The maximum Gasteiger partial charge on any atom is 0.120 e. The largest absolute Gasteiger partial charge is 0.497 e. The van der Waals surface area contributed by atoms with Crippen molar-refractivity contribution in [3.63, 3.8) is 0 Å². The highest BCUT2D eigenvalue weighted by molar-refractivity contribution is 5.52. The molecule has 0 aliphatic carbocycles. The van der Waals surface area contributed by atoms with Crippen molar-refractivity contribution in [2.24, 2.45) is 5.73 Å². The summed E-state index contributed by atoms with van der Waals surface area (Å²) in [6.07, 6.45) is 3.29. The molecule has 0 bridgehead atoms. The lowest BCUT2D eigenvalue weighted by atomic mass is 10.1.